The van der Waals surface area contributed by atoms with Crippen LogP contribution in [0.4, 0.5) is 0 Å². The van der Waals surface area contributed by atoms with Crippen molar-refractivity contribution in [3.05, 3.63) is 93.6 Å². The Morgan fingerprint density at radius 1 is 0.900 bits per heavy atom. The van der Waals surface area contributed by atoms with Crippen molar-refractivity contribution in [2.75, 3.05) is 52.4 Å². The Morgan fingerprint density at radius 3 is 2.38 bits per heavy atom. The zero-order valence-electron chi connectivity index (χ0n) is 23.6. The third-order valence-corrected chi connectivity index (χ3v) is 8.62. The van der Waals surface area contributed by atoms with E-state index in [1.54, 1.807) is 0 Å². The maximum atomic E-state index is 6.33. The molecule has 1 aromatic carbocycles. The summed E-state index contributed by atoms with van der Waals surface area (Å²) in [6.45, 7) is 9.67. The summed E-state index contributed by atoms with van der Waals surface area (Å²) in [5.41, 5.74) is 3.78. The Hall–Kier alpha value is -2.44. The number of aliphatic imine (C=N–C) groups is 2. The van der Waals surface area contributed by atoms with Crippen molar-refractivity contribution in [2.45, 2.75) is 45.1 Å². The van der Waals surface area contributed by atoms with Gasteiger partial charge in [-0.3, -0.25) is 14.8 Å². The van der Waals surface area contributed by atoms with Crippen LogP contribution >= 0.6 is 23.2 Å². The van der Waals surface area contributed by atoms with Gasteiger partial charge in [0, 0.05) is 54.9 Å². The van der Waals surface area contributed by atoms with Crippen molar-refractivity contribution < 1.29 is 0 Å². The number of halogens is 2. The highest BCUT2D eigenvalue weighted by atomic mass is 35.5. The fourth-order valence-corrected chi connectivity index (χ4v) is 6.20. The van der Waals surface area contributed by atoms with E-state index in [0.717, 1.165) is 74.0 Å². The molecule has 4 aliphatic rings. The van der Waals surface area contributed by atoms with E-state index in [1.807, 2.05) is 18.2 Å². The van der Waals surface area contributed by atoms with E-state index in [9.17, 15) is 0 Å². The molecule has 2 saturated heterocycles. The van der Waals surface area contributed by atoms with Crippen LogP contribution in [-0.2, 0) is 0 Å². The van der Waals surface area contributed by atoms with Crippen LogP contribution in [0.1, 0.15) is 50.6 Å². The average Bonchev–Trinajstić information content (AvgIpc) is 3.37. The smallest absolute Gasteiger partial charge is 0.140 e. The molecule has 0 amide bonds. The molecule has 7 heteroatoms. The van der Waals surface area contributed by atoms with E-state index in [0.29, 0.717) is 6.54 Å². The molecule has 0 bridgehead atoms. The normalized spacial score (nSPS) is 23.4. The minimum absolute atomic E-state index is 0.172. The molecular formula is C33H41Cl2N5. The predicted octanol–water partition coefficient (Wildman–Crippen LogP) is 7.20. The second-order valence-corrected chi connectivity index (χ2v) is 11.8. The zero-order valence-corrected chi connectivity index (χ0v) is 25.1. The molecule has 1 atom stereocenters. The van der Waals surface area contributed by atoms with Gasteiger partial charge >= 0.3 is 0 Å². The lowest BCUT2D eigenvalue weighted by molar-refractivity contribution is 0.120. The highest BCUT2D eigenvalue weighted by Gasteiger charge is 2.29. The molecule has 40 heavy (non-hydrogen) atoms. The van der Waals surface area contributed by atoms with Crippen molar-refractivity contribution in [3.8, 4) is 0 Å². The molecule has 2 fully saturated rings. The third-order valence-electron chi connectivity index (χ3n) is 8.09. The second kappa shape index (κ2) is 14.5. The van der Waals surface area contributed by atoms with Gasteiger partial charge in [0.25, 0.3) is 0 Å². The molecule has 1 aliphatic carbocycles. The molecule has 0 N–H and O–H groups in total. The van der Waals surface area contributed by atoms with E-state index < -0.39 is 0 Å². The van der Waals surface area contributed by atoms with Crippen LogP contribution in [0.15, 0.2) is 93.0 Å². The van der Waals surface area contributed by atoms with Crippen molar-refractivity contribution in [1.29, 1.82) is 0 Å². The largest absolute Gasteiger partial charge is 0.356 e. The number of amidine groups is 2. The molecule has 0 spiro atoms. The lowest BCUT2D eigenvalue weighted by Gasteiger charge is -2.40. The van der Waals surface area contributed by atoms with E-state index in [4.69, 9.17) is 33.2 Å². The number of piperazine rings is 1. The summed E-state index contributed by atoms with van der Waals surface area (Å²) in [5, 5.41) is 1.56. The van der Waals surface area contributed by atoms with E-state index in [-0.39, 0.29) is 6.04 Å². The number of benzene rings is 1. The lowest BCUT2D eigenvalue weighted by atomic mass is 9.95. The fourth-order valence-electron chi connectivity index (χ4n) is 5.92. The van der Waals surface area contributed by atoms with Gasteiger partial charge in [-0.05, 0) is 55.5 Å². The van der Waals surface area contributed by atoms with Crippen LogP contribution in [0, 0.1) is 0 Å². The van der Waals surface area contributed by atoms with Gasteiger partial charge in [0.1, 0.15) is 11.7 Å². The molecule has 1 aromatic rings. The van der Waals surface area contributed by atoms with Crippen molar-refractivity contribution >= 4 is 34.9 Å². The van der Waals surface area contributed by atoms with Gasteiger partial charge in [-0.25, -0.2) is 4.99 Å². The van der Waals surface area contributed by atoms with Gasteiger partial charge in [-0.15, -0.1) is 0 Å². The Balaban J connectivity index is 1.28. The first-order chi connectivity index (χ1) is 19.6. The predicted molar refractivity (Wildman–Crippen MR) is 171 cm³/mol. The van der Waals surface area contributed by atoms with Gasteiger partial charge in [0.05, 0.1) is 19.1 Å². The Kier molecular flexibility index (Phi) is 10.5. The fraction of sp³-hybridized carbons (Fsp3) is 0.455. The first-order valence-corrected chi connectivity index (χ1v) is 15.5. The van der Waals surface area contributed by atoms with Gasteiger partial charge in [0.2, 0.25) is 0 Å². The molecule has 212 valence electrons. The molecule has 1 unspecified atom stereocenters. The number of likely N-dealkylation sites (tertiary alicyclic amines) is 1. The summed E-state index contributed by atoms with van der Waals surface area (Å²) >= 11 is 12.6. The van der Waals surface area contributed by atoms with Crippen LogP contribution < -0.4 is 0 Å². The zero-order chi connectivity index (χ0) is 27.7. The van der Waals surface area contributed by atoms with Crippen LogP contribution in [0.3, 0.4) is 0 Å². The Morgan fingerprint density at radius 2 is 1.65 bits per heavy atom. The monoisotopic (exact) mass is 577 g/mol. The van der Waals surface area contributed by atoms with Crippen LogP contribution in [0.5, 0.6) is 0 Å². The number of hydrogen-bond acceptors (Lipinski definition) is 5. The summed E-state index contributed by atoms with van der Waals surface area (Å²) in [4.78, 5) is 17.7. The highest BCUT2D eigenvalue weighted by Crippen LogP contribution is 2.33. The van der Waals surface area contributed by atoms with Gasteiger partial charge < -0.3 is 4.90 Å². The summed E-state index contributed by atoms with van der Waals surface area (Å²) in [6.07, 6.45) is 20.9. The Bertz CT molecular complexity index is 1220. The highest BCUT2D eigenvalue weighted by molar-refractivity contribution is 6.31. The van der Waals surface area contributed by atoms with Crippen LogP contribution in [0.2, 0.25) is 5.02 Å². The summed E-state index contributed by atoms with van der Waals surface area (Å²) < 4.78 is 0. The van der Waals surface area contributed by atoms with E-state index in [1.165, 1.54) is 42.4 Å². The van der Waals surface area contributed by atoms with E-state index in [2.05, 4.69) is 70.2 Å². The molecule has 0 saturated carbocycles. The van der Waals surface area contributed by atoms with Crippen LogP contribution in [0.25, 0.3) is 0 Å². The average molecular weight is 579 g/mol. The molecule has 5 rings (SSSR count). The van der Waals surface area contributed by atoms with E-state index >= 15 is 0 Å². The van der Waals surface area contributed by atoms with Crippen molar-refractivity contribution in [3.63, 3.8) is 0 Å². The molecule has 0 aromatic heterocycles. The topological polar surface area (TPSA) is 34.4 Å². The molecular weight excluding hydrogens is 537 g/mol. The number of nitrogens with zero attached hydrogens (tertiary/aromatic N) is 5. The van der Waals surface area contributed by atoms with Gasteiger partial charge in [-0.1, -0.05) is 84.6 Å². The van der Waals surface area contributed by atoms with Gasteiger partial charge in [0.15, 0.2) is 0 Å². The Labute approximate surface area is 249 Å². The number of allylic oxidation sites excluding steroid dienone is 7. The molecule has 3 heterocycles. The second-order valence-electron chi connectivity index (χ2n) is 10.9. The van der Waals surface area contributed by atoms with Crippen molar-refractivity contribution in [1.82, 2.24) is 14.7 Å². The lowest BCUT2D eigenvalue weighted by Crippen LogP contribution is -2.49. The minimum Gasteiger partial charge on any atom is -0.356 e. The van der Waals surface area contributed by atoms with Crippen LogP contribution in [-0.4, -0.2) is 78.7 Å². The van der Waals surface area contributed by atoms with Crippen molar-refractivity contribution in [2.24, 2.45) is 9.98 Å². The molecule has 3 aliphatic heterocycles. The minimum atomic E-state index is 0.172. The number of rotatable bonds is 6. The quantitative estimate of drug-likeness (QED) is 0.358. The first kappa shape index (κ1) is 29.1. The number of hydrogen-bond donors (Lipinski definition) is 0. The molecule has 5 nitrogen and oxygen atoms in total. The maximum Gasteiger partial charge on any atom is 0.140 e. The van der Waals surface area contributed by atoms with Gasteiger partial charge in [-0.2, -0.15) is 0 Å². The summed E-state index contributed by atoms with van der Waals surface area (Å²) in [6, 6.07) is 8.47. The third kappa shape index (κ3) is 7.64. The first-order valence-electron chi connectivity index (χ1n) is 14.8. The summed E-state index contributed by atoms with van der Waals surface area (Å²) in [5.74, 6) is 2.11. The maximum absolute atomic E-state index is 6.33. The summed E-state index contributed by atoms with van der Waals surface area (Å²) in [7, 11) is 0. The SMILES string of the molecule is C/C=C\C=C1/CN=C(CN2CCN(C(C3=CCC=C(Cl)C=C3)c3ccc(Cl)cc3)CC2)N=C1N1CCCCCC1. The standard InChI is InChI=1S/C33H41Cl2N5/c1-2-3-9-28-24-36-31(37-33(28)40-18-6-4-5-7-19-40)25-38-20-22-39(23-21-38)32(27-13-16-30(35)17-14-27)26-10-8-11-29(34)15-12-26/h2-3,9-17,32H,4-8,18-25H2,1H3/b3-2-,28-9+. The molecule has 0 radical (unpaired) electrons.